The fourth-order valence-corrected chi connectivity index (χ4v) is 3.87. The van der Waals surface area contributed by atoms with Gasteiger partial charge in [-0.1, -0.05) is 40.7 Å². The molecule has 0 unspecified atom stereocenters. The first kappa shape index (κ1) is 27.0. The predicted molar refractivity (Wildman–Crippen MR) is 112 cm³/mol. The molecule has 6 heteroatoms. The molecular weight excluding hydrogens is 601 g/mol. The van der Waals surface area contributed by atoms with Crippen molar-refractivity contribution in [3.8, 4) is 5.75 Å². The minimum Gasteiger partial charge on any atom is -0.507 e. The first-order valence-corrected chi connectivity index (χ1v) is 9.86. The Morgan fingerprint density at radius 1 is 1.07 bits per heavy atom. The van der Waals surface area contributed by atoms with Crippen molar-refractivity contribution < 1.29 is 67.9 Å². The van der Waals surface area contributed by atoms with E-state index in [1.807, 2.05) is 6.07 Å². The van der Waals surface area contributed by atoms with Crippen LogP contribution in [0.1, 0.15) is 77.5 Å². The molecule has 0 spiro atoms. The van der Waals surface area contributed by atoms with Gasteiger partial charge in [0.05, 0.1) is 0 Å². The topological polar surface area (TPSA) is 57.5 Å². The van der Waals surface area contributed by atoms with E-state index in [1.165, 1.54) is 6.92 Å². The van der Waals surface area contributed by atoms with Gasteiger partial charge in [0, 0.05) is 49.6 Å². The summed E-state index contributed by atoms with van der Waals surface area (Å²) in [6.07, 6.45) is 4.45. The van der Waals surface area contributed by atoms with Crippen LogP contribution in [-0.4, -0.2) is 16.2 Å². The Morgan fingerprint density at radius 3 is 2.03 bits per heavy atom. The Kier molecular flexibility index (Phi) is 9.09. The molecule has 30 heavy (non-hydrogen) atoms. The van der Waals surface area contributed by atoms with Gasteiger partial charge in [-0.2, -0.15) is 4.39 Å². The van der Waals surface area contributed by atoms with Crippen molar-refractivity contribution >= 4 is 11.5 Å². The van der Waals surface area contributed by atoms with Gasteiger partial charge in [-0.15, -0.1) is 0 Å². The third kappa shape index (κ3) is 5.62. The number of carboxylic acid groups (broad SMARTS) is 1. The standard InChI is InChI=1S/C24H30F2O3.Ac/c1-7-15(19(25)9-8-14(2)21(26)22(28)29)16-12-17-18(13-20(16)27)24(5,6)11-10-23(17,3)4;/h8-9,12-13,27H,7,10-11H2,1-6H3,(H,28,29);/b9-8+,19-15+,21-14-;. The van der Waals surface area contributed by atoms with Crippen molar-refractivity contribution in [1.82, 2.24) is 0 Å². The van der Waals surface area contributed by atoms with Gasteiger partial charge in [0.2, 0.25) is 5.83 Å². The number of aromatic hydroxyl groups is 1. The number of phenols is 1. The number of hydrogen-bond donors (Lipinski definition) is 2. The Bertz CT molecular complexity index is 925. The van der Waals surface area contributed by atoms with Crippen molar-refractivity contribution in [3.05, 3.63) is 58.2 Å². The molecule has 1 aromatic rings. The molecule has 0 bridgehead atoms. The second kappa shape index (κ2) is 10.1. The number of carbonyl (C=O) groups is 1. The van der Waals surface area contributed by atoms with Crippen LogP contribution in [0.2, 0.25) is 0 Å². The maximum absolute atomic E-state index is 14.9. The first-order chi connectivity index (χ1) is 13.3. The molecule has 161 valence electrons. The molecule has 1 aliphatic carbocycles. The molecular formula is C24H30AcF2O3. The average Bonchev–Trinajstić information content (AvgIpc) is 2.64. The maximum Gasteiger partial charge on any atom is 0.365 e. The summed E-state index contributed by atoms with van der Waals surface area (Å²) in [6, 6.07) is 3.62. The van der Waals surface area contributed by atoms with E-state index >= 15 is 0 Å². The van der Waals surface area contributed by atoms with E-state index in [0.29, 0.717) is 17.6 Å². The number of fused-ring (bicyclic) bond motifs is 1. The molecule has 0 aromatic heterocycles. The SMILES string of the molecule is CC/C(=C(F)/C=C/C(C)=C(\F)C(=O)O)c1cc2c(cc1O)C(C)(C)CCC2(C)C.[Ac]. The fourth-order valence-electron chi connectivity index (χ4n) is 3.87. The van der Waals surface area contributed by atoms with Gasteiger partial charge in [-0.25, -0.2) is 9.18 Å². The van der Waals surface area contributed by atoms with E-state index in [-0.39, 0.29) is 66.2 Å². The van der Waals surface area contributed by atoms with Crippen LogP contribution in [0, 0.1) is 44.1 Å². The molecule has 0 heterocycles. The minimum atomic E-state index is -1.69. The van der Waals surface area contributed by atoms with Crippen LogP contribution in [0.15, 0.2) is 41.5 Å². The second-order valence-electron chi connectivity index (χ2n) is 9.00. The Morgan fingerprint density at radius 2 is 1.57 bits per heavy atom. The Balaban J connectivity index is 0.00000450. The van der Waals surface area contributed by atoms with E-state index in [9.17, 15) is 18.7 Å². The number of halogens is 2. The monoisotopic (exact) mass is 631 g/mol. The summed E-state index contributed by atoms with van der Waals surface area (Å²) in [7, 11) is 0. The molecule has 0 amide bonds. The van der Waals surface area contributed by atoms with Crippen LogP contribution in [-0.2, 0) is 15.6 Å². The number of hydrogen-bond acceptors (Lipinski definition) is 2. The number of allylic oxidation sites excluding steroid dienone is 5. The molecule has 0 saturated heterocycles. The molecule has 1 aromatic carbocycles. The van der Waals surface area contributed by atoms with Crippen molar-refractivity contribution in [1.29, 1.82) is 0 Å². The smallest absolute Gasteiger partial charge is 0.365 e. The summed E-state index contributed by atoms with van der Waals surface area (Å²) in [4.78, 5) is 10.7. The zero-order valence-electron chi connectivity index (χ0n) is 18.6. The van der Waals surface area contributed by atoms with Gasteiger partial charge < -0.3 is 10.2 Å². The Labute approximate surface area is 213 Å². The Hall–Kier alpha value is -0.988. The molecule has 1 radical (unpaired) electrons. The maximum atomic E-state index is 14.9. The van der Waals surface area contributed by atoms with Crippen molar-refractivity contribution in [3.63, 3.8) is 0 Å². The largest absolute Gasteiger partial charge is 0.507 e. The molecule has 0 aliphatic heterocycles. The summed E-state index contributed by atoms with van der Waals surface area (Å²) in [5, 5.41) is 19.4. The molecule has 2 rings (SSSR count). The van der Waals surface area contributed by atoms with E-state index in [2.05, 4.69) is 27.7 Å². The summed E-state index contributed by atoms with van der Waals surface area (Å²) in [6.45, 7) is 11.6. The molecule has 3 nitrogen and oxygen atoms in total. The fraction of sp³-hybridized carbons (Fsp3) is 0.458. The van der Waals surface area contributed by atoms with Gasteiger partial charge in [-0.05, 0) is 77.5 Å². The van der Waals surface area contributed by atoms with E-state index < -0.39 is 17.6 Å². The van der Waals surface area contributed by atoms with Gasteiger partial charge in [0.1, 0.15) is 11.6 Å². The van der Waals surface area contributed by atoms with Crippen molar-refractivity contribution in [2.45, 2.75) is 71.6 Å². The second-order valence-corrected chi connectivity index (χ2v) is 9.00. The molecule has 1 aliphatic rings. The van der Waals surface area contributed by atoms with Gasteiger partial charge >= 0.3 is 5.97 Å². The molecule has 0 atom stereocenters. The van der Waals surface area contributed by atoms with E-state index in [0.717, 1.165) is 36.1 Å². The number of carboxylic acids is 1. The normalized spacial score (nSPS) is 18.8. The molecule has 0 saturated carbocycles. The number of rotatable bonds is 5. The van der Waals surface area contributed by atoms with Crippen LogP contribution < -0.4 is 0 Å². The van der Waals surface area contributed by atoms with Crippen LogP contribution in [0.4, 0.5) is 8.78 Å². The number of phenolic OH excluding ortho intramolecular Hbond substituents is 1. The van der Waals surface area contributed by atoms with Gasteiger partial charge in [-0.3, -0.25) is 0 Å². The van der Waals surface area contributed by atoms with Crippen molar-refractivity contribution in [2.24, 2.45) is 0 Å². The summed E-state index contributed by atoms with van der Waals surface area (Å²) in [5.74, 6) is -3.63. The zero-order valence-corrected chi connectivity index (χ0v) is 23.3. The van der Waals surface area contributed by atoms with Gasteiger partial charge in [0.15, 0.2) is 0 Å². The van der Waals surface area contributed by atoms with E-state index in [4.69, 9.17) is 5.11 Å². The van der Waals surface area contributed by atoms with Crippen LogP contribution >= 0.6 is 0 Å². The minimum absolute atomic E-state index is 0. The van der Waals surface area contributed by atoms with Gasteiger partial charge in [0.25, 0.3) is 0 Å². The average molecular weight is 631 g/mol. The number of benzene rings is 1. The molecule has 2 N–H and O–H groups in total. The van der Waals surface area contributed by atoms with Crippen LogP contribution in [0.5, 0.6) is 5.75 Å². The first-order valence-electron chi connectivity index (χ1n) is 9.86. The molecule has 0 fully saturated rings. The van der Waals surface area contributed by atoms with Crippen LogP contribution in [0.25, 0.3) is 5.57 Å². The third-order valence-corrected chi connectivity index (χ3v) is 5.95. The predicted octanol–water partition coefficient (Wildman–Crippen LogP) is 6.72. The number of aliphatic carboxylic acids is 1. The summed E-state index contributed by atoms with van der Waals surface area (Å²) >= 11 is 0. The van der Waals surface area contributed by atoms with Crippen LogP contribution in [0.3, 0.4) is 0 Å². The zero-order chi connectivity index (χ0) is 22.1. The summed E-state index contributed by atoms with van der Waals surface area (Å²) < 4.78 is 28.4. The van der Waals surface area contributed by atoms with Crippen molar-refractivity contribution in [2.75, 3.05) is 0 Å². The third-order valence-electron chi connectivity index (χ3n) is 5.95. The summed E-state index contributed by atoms with van der Waals surface area (Å²) in [5.41, 5.74) is 2.53. The van der Waals surface area contributed by atoms with E-state index in [1.54, 1.807) is 13.0 Å². The quantitative estimate of drug-likeness (QED) is 0.281.